The van der Waals surface area contributed by atoms with E-state index in [-0.39, 0.29) is 23.0 Å². The summed E-state index contributed by atoms with van der Waals surface area (Å²) in [6.45, 7) is 1.06. The van der Waals surface area contributed by atoms with Crippen molar-refractivity contribution in [3.8, 4) is 17.0 Å². The van der Waals surface area contributed by atoms with Crippen molar-refractivity contribution in [1.82, 2.24) is 20.0 Å². The first kappa shape index (κ1) is 21.0. The maximum atomic E-state index is 11.7. The fraction of sp³-hybridized carbons (Fsp3) is 0.300. The van der Waals surface area contributed by atoms with Crippen molar-refractivity contribution in [2.45, 2.75) is 12.1 Å². The lowest BCUT2D eigenvalue weighted by Gasteiger charge is -2.17. The number of primary amides is 1. The average molecular weight is 445 g/mol. The van der Waals surface area contributed by atoms with Gasteiger partial charge >= 0.3 is 0 Å². The fourth-order valence-corrected chi connectivity index (χ4v) is 3.66. The summed E-state index contributed by atoms with van der Waals surface area (Å²) in [6.07, 6.45) is 1.83. The van der Waals surface area contributed by atoms with E-state index >= 15 is 0 Å². The predicted octanol–water partition coefficient (Wildman–Crippen LogP) is 2.43. The molecule has 4 rings (SSSR count). The Bertz CT molecular complexity index is 1110. The molecule has 0 bridgehead atoms. The van der Waals surface area contributed by atoms with Gasteiger partial charge in [0.1, 0.15) is 12.1 Å². The molecule has 31 heavy (non-hydrogen) atoms. The molecule has 10 nitrogen and oxygen atoms in total. The molecule has 0 spiro atoms. The van der Waals surface area contributed by atoms with Gasteiger partial charge in [-0.05, 0) is 18.2 Å². The Morgan fingerprint density at radius 1 is 1.26 bits per heavy atom. The van der Waals surface area contributed by atoms with Crippen LogP contribution < -0.4 is 15.8 Å². The SMILES string of the molecule is COc1c(Nc2cc(Cl)nnc2C(N)=O)cccc1-c1ccn([C@H]2COC[C@@H]2OC)n1. The number of methoxy groups -OCH3 is 2. The molecular weight excluding hydrogens is 424 g/mol. The molecule has 162 valence electrons. The van der Waals surface area contributed by atoms with Crippen LogP contribution in [0.1, 0.15) is 16.5 Å². The Morgan fingerprint density at radius 3 is 2.84 bits per heavy atom. The third-order valence-corrected chi connectivity index (χ3v) is 5.20. The molecule has 1 amide bonds. The lowest BCUT2D eigenvalue weighted by Crippen LogP contribution is -2.24. The first-order chi connectivity index (χ1) is 15.0. The van der Waals surface area contributed by atoms with Gasteiger partial charge in [-0.15, -0.1) is 10.2 Å². The minimum atomic E-state index is -0.730. The van der Waals surface area contributed by atoms with Gasteiger partial charge in [0.25, 0.3) is 5.91 Å². The van der Waals surface area contributed by atoms with Gasteiger partial charge in [-0.1, -0.05) is 17.7 Å². The number of nitrogens with zero attached hydrogens (tertiary/aromatic N) is 4. The maximum Gasteiger partial charge on any atom is 0.271 e. The standard InChI is InChI=1S/C20H21ClN6O4/c1-29-16-10-31-9-15(16)27-7-6-12(26-27)11-4-3-5-13(19(11)30-2)23-14-8-17(21)24-25-18(14)20(22)28/h3-8,15-16H,9-10H2,1-2H3,(H2,22,28)(H,23,24)/t15-,16-/m0/s1. The Labute approximate surface area is 183 Å². The first-order valence-electron chi connectivity index (χ1n) is 9.45. The van der Waals surface area contributed by atoms with Crippen molar-refractivity contribution < 1.29 is 19.0 Å². The van der Waals surface area contributed by atoms with Crippen LogP contribution in [-0.4, -0.2) is 59.4 Å². The van der Waals surface area contributed by atoms with E-state index in [1.54, 1.807) is 20.3 Å². The van der Waals surface area contributed by atoms with Crippen LogP contribution in [0.2, 0.25) is 5.15 Å². The van der Waals surface area contributed by atoms with Crippen LogP contribution >= 0.6 is 11.6 Å². The van der Waals surface area contributed by atoms with Crippen molar-refractivity contribution in [3.05, 3.63) is 47.4 Å². The third kappa shape index (κ3) is 4.18. The number of amides is 1. The summed E-state index contributed by atoms with van der Waals surface area (Å²) in [6, 6.07) is 8.89. The van der Waals surface area contributed by atoms with Crippen LogP contribution in [0.5, 0.6) is 5.75 Å². The Hall–Kier alpha value is -3.21. The van der Waals surface area contributed by atoms with Gasteiger partial charge in [0.05, 0.1) is 37.4 Å². The van der Waals surface area contributed by atoms with Gasteiger partial charge in [0.2, 0.25) is 0 Å². The second kappa shape index (κ2) is 8.88. The molecule has 11 heteroatoms. The van der Waals surface area contributed by atoms with Crippen molar-refractivity contribution in [2.75, 3.05) is 32.8 Å². The molecule has 0 radical (unpaired) electrons. The number of ether oxygens (including phenoxy) is 3. The van der Waals surface area contributed by atoms with Gasteiger partial charge in [-0.2, -0.15) is 5.10 Å². The van der Waals surface area contributed by atoms with E-state index in [1.807, 2.05) is 29.1 Å². The lowest BCUT2D eigenvalue weighted by atomic mass is 10.1. The normalized spacial score (nSPS) is 18.2. The summed E-state index contributed by atoms with van der Waals surface area (Å²) in [5.74, 6) is -0.200. The van der Waals surface area contributed by atoms with E-state index in [1.165, 1.54) is 6.07 Å². The highest BCUT2D eigenvalue weighted by Crippen LogP contribution is 2.38. The fourth-order valence-electron chi connectivity index (χ4n) is 3.51. The minimum Gasteiger partial charge on any atom is -0.494 e. The average Bonchev–Trinajstić information content (AvgIpc) is 3.42. The number of nitrogens with two attached hydrogens (primary N) is 1. The zero-order valence-corrected chi connectivity index (χ0v) is 17.7. The number of benzene rings is 1. The number of halogens is 1. The lowest BCUT2D eigenvalue weighted by molar-refractivity contribution is 0.0665. The van der Waals surface area contributed by atoms with Crippen LogP contribution in [0.25, 0.3) is 11.3 Å². The smallest absolute Gasteiger partial charge is 0.271 e. The van der Waals surface area contributed by atoms with Crippen LogP contribution in [0.3, 0.4) is 0 Å². The summed E-state index contributed by atoms with van der Waals surface area (Å²) < 4.78 is 18.5. The number of nitrogens with one attached hydrogen (secondary N) is 1. The summed E-state index contributed by atoms with van der Waals surface area (Å²) in [7, 11) is 3.22. The number of hydrogen-bond donors (Lipinski definition) is 2. The second-order valence-electron chi connectivity index (χ2n) is 6.86. The quantitative estimate of drug-likeness (QED) is 0.569. The molecule has 0 saturated carbocycles. The molecule has 3 heterocycles. The molecule has 1 aliphatic heterocycles. The van der Waals surface area contributed by atoms with Crippen molar-refractivity contribution in [2.24, 2.45) is 5.73 Å². The Balaban J connectivity index is 1.69. The maximum absolute atomic E-state index is 11.7. The highest BCUT2D eigenvalue weighted by Gasteiger charge is 2.30. The zero-order valence-electron chi connectivity index (χ0n) is 16.9. The summed E-state index contributed by atoms with van der Waals surface area (Å²) in [4.78, 5) is 11.7. The number of para-hydroxylation sites is 1. The minimum absolute atomic E-state index is 0.00536. The van der Waals surface area contributed by atoms with Gasteiger partial charge in [0, 0.05) is 24.9 Å². The molecule has 1 fully saturated rings. The predicted molar refractivity (Wildman–Crippen MR) is 114 cm³/mol. The molecule has 1 aliphatic rings. The zero-order chi connectivity index (χ0) is 22.0. The van der Waals surface area contributed by atoms with Crippen molar-refractivity contribution in [3.63, 3.8) is 0 Å². The molecule has 1 saturated heterocycles. The van der Waals surface area contributed by atoms with Crippen molar-refractivity contribution >= 4 is 28.9 Å². The highest BCUT2D eigenvalue weighted by molar-refractivity contribution is 6.29. The summed E-state index contributed by atoms with van der Waals surface area (Å²) >= 11 is 5.95. The Kier molecular flexibility index (Phi) is 6.03. The number of carbonyl (C=O) groups is 1. The van der Waals surface area contributed by atoms with E-state index in [2.05, 4.69) is 15.5 Å². The highest BCUT2D eigenvalue weighted by atomic mass is 35.5. The first-order valence-corrected chi connectivity index (χ1v) is 9.82. The number of anilines is 2. The molecule has 1 aromatic carbocycles. The molecule has 2 atom stereocenters. The number of hydrogen-bond acceptors (Lipinski definition) is 8. The van der Waals surface area contributed by atoms with Crippen LogP contribution in [0.4, 0.5) is 11.4 Å². The van der Waals surface area contributed by atoms with Gasteiger partial charge in [-0.3, -0.25) is 9.48 Å². The molecule has 0 aliphatic carbocycles. The number of rotatable bonds is 7. The largest absolute Gasteiger partial charge is 0.494 e. The topological polar surface area (TPSA) is 126 Å². The van der Waals surface area contributed by atoms with Gasteiger partial charge in [-0.25, -0.2) is 0 Å². The molecule has 0 unspecified atom stereocenters. The molecule has 3 N–H and O–H groups in total. The van der Waals surface area contributed by atoms with Crippen LogP contribution in [0.15, 0.2) is 36.5 Å². The summed E-state index contributed by atoms with van der Waals surface area (Å²) in [5, 5.41) is 15.4. The van der Waals surface area contributed by atoms with Gasteiger partial charge in [0.15, 0.2) is 16.6 Å². The van der Waals surface area contributed by atoms with Gasteiger partial charge < -0.3 is 25.3 Å². The molecule has 3 aromatic rings. The molecule has 2 aromatic heterocycles. The Morgan fingerprint density at radius 2 is 2.10 bits per heavy atom. The number of carbonyl (C=O) groups excluding carboxylic acids is 1. The van der Waals surface area contributed by atoms with E-state index in [0.29, 0.717) is 36.0 Å². The van der Waals surface area contributed by atoms with E-state index in [9.17, 15) is 4.79 Å². The van der Waals surface area contributed by atoms with Crippen LogP contribution in [0, 0.1) is 0 Å². The third-order valence-electron chi connectivity index (χ3n) is 5.01. The van der Waals surface area contributed by atoms with E-state index in [0.717, 1.165) is 5.56 Å². The summed E-state index contributed by atoms with van der Waals surface area (Å²) in [5.41, 5.74) is 7.74. The van der Waals surface area contributed by atoms with Crippen molar-refractivity contribution in [1.29, 1.82) is 0 Å². The van der Waals surface area contributed by atoms with Crippen LogP contribution in [-0.2, 0) is 9.47 Å². The molecular formula is C20H21ClN6O4. The van der Waals surface area contributed by atoms with E-state index < -0.39 is 5.91 Å². The second-order valence-corrected chi connectivity index (χ2v) is 7.25. The monoisotopic (exact) mass is 444 g/mol. The number of aromatic nitrogens is 4. The van der Waals surface area contributed by atoms with E-state index in [4.69, 9.17) is 36.6 Å².